The molecular formula is C6H10F2. The molecule has 0 heterocycles. The van der Waals surface area contributed by atoms with Crippen molar-refractivity contribution in [3.63, 3.8) is 0 Å². The molecule has 0 aliphatic heterocycles. The van der Waals surface area contributed by atoms with E-state index in [1.165, 1.54) is 0 Å². The van der Waals surface area contributed by atoms with Gasteiger partial charge in [-0.05, 0) is 6.42 Å². The summed E-state index contributed by atoms with van der Waals surface area (Å²) in [5.41, 5.74) is 0. The van der Waals surface area contributed by atoms with Crippen LogP contribution < -0.4 is 0 Å². The van der Waals surface area contributed by atoms with Crippen LogP contribution >= 0.6 is 0 Å². The Bertz CT molecular complexity index is 88.5. The smallest absolute Gasteiger partial charge is 0.207 e. The highest BCUT2D eigenvalue weighted by molar-refractivity contribution is 4.94. The number of alkyl halides is 2. The van der Waals surface area contributed by atoms with Gasteiger partial charge in [-0.1, -0.05) is 13.3 Å². The number of hydrogen-bond acceptors (Lipinski definition) is 0. The van der Waals surface area contributed by atoms with Gasteiger partial charge < -0.3 is 0 Å². The maximum atomic E-state index is 12.0. The zero-order valence-corrected chi connectivity index (χ0v) is 4.95. The van der Waals surface area contributed by atoms with Crippen molar-refractivity contribution in [2.45, 2.75) is 32.1 Å². The second-order valence-electron chi connectivity index (χ2n) is 2.45. The first-order valence-electron chi connectivity index (χ1n) is 3.04. The average molecular weight is 120 g/mol. The van der Waals surface area contributed by atoms with E-state index in [1.54, 1.807) is 0 Å². The van der Waals surface area contributed by atoms with Crippen molar-refractivity contribution < 1.29 is 8.78 Å². The van der Waals surface area contributed by atoms with Crippen LogP contribution in [0.15, 0.2) is 0 Å². The maximum Gasteiger partial charge on any atom is 0.251 e. The molecule has 0 aromatic carbocycles. The fourth-order valence-electron chi connectivity index (χ4n) is 0.931. The summed E-state index contributed by atoms with van der Waals surface area (Å²) in [4.78, 5) is 0. The molecule has 0 bridgehead atoms. The highest BCUT2D eigenvalue weighted by Crippen LogP contribution is 2.50. The minimum absolute atomic E-state index is 0.140. The van der Waals surface area contributed by atoms with E-state index in [4.69, 9.17) is 0 Å². The van der Waals surface area contributed by atoms with Crippen molar-refractivity contribution in [1.29, 1.82) is 0 Å². The molecule has 0 spiro atoms. The quantitative estimate of drug-likeness (QED) is 0.525. The maximum absolute atomic E-state index is 12.0. The molecule has 0 N–H and O–H groups in total. The lowest BCUT2D eigenvalue weighted by Gasteiger charge is -1.90. The first kappa shape index (κ1) is 5.99. The summed E-state index contributed by atoms with van der Waals surface area (Å²) in [7, 11) is 0. The van der Waals surface area contributed by atoms with Gasteiger partial charge in [-0.15, -0.1) is 0 Å². The van der Waals surface area contributed by atoms with Crippen molar-refractivity contribution in [3.05, 3.63) is 0 Å². The minimum Gasteiger partial charge on any atom is -0.207 e. The largest absolute Gasteiger partial charge is 0.251 e. The third kappa shape index (κ3) is 0.984. The number of rotatable bonds is 2. The van der Waals surface area contributed by atoms with Crippen molar-refractivity contribution in [3.8, 4) is 0 Å². The van der Waals surface area contributed by atoms with Crippen LogP contribution in [0, 0.1) is 5.92 Å². The lowest BCUT2D eigenvalue weighted by Crippen LogP contribution is -1.91. The summed E-state index contributed by atoms with van der Waals surface area (Å²) >= 11 is 0. The van der Waals surface area contributed by atoms with Crippen LogP contribution in [0.2, 0.25) is 0 Å². The van der Waals surface area contributed by atoms with Gasteiger partial charge in [0.05, 0.1) is 0 Å². The molecule has 0 radical (unpaired) electrons. The van der Waals surface area contributed by atoms with Crippen LogP contribution in [-0.4, -0.2) is 5.92 Å². The Labute approximate surface area is 47.9 Å². The van der Waals surface area contributed by atoms with Crippen LogP contribution in [-0.2, 0) is 0 Å². The molecule has 2 heteroatoms. The molecule has 0 nitrogen and oxygen atoms in total. The Balaban J connectivity index is 2.17. The summed E-state index contributed by atoms with van der Waals surface area (Å²) in [6.07, 6.45) is 1.73. The van der Waals surface area contributed by atoms with Gasteiger partial charge in [0.1, 0.15) is 0 Å². The summed E-state index contributed by atoms with van der Waals surface area (Å²) in [6.45, 7) is 1.94. The van der Waals surface area contributed by atoms with E-state index in [1.807, 2.05) is 6.92 Å². The van der Waals surface area contributed by atoms with Gasteiger partial charge in [0.25, 0.3) is 5.92 Å². The number of halogens is 2. The predicted molar refractivity (Wildman–Crippen MR) is 28.0 cm³/mol. The lowest BCUT2D eigenvalue weighted by atomic mass is 10.2. The fraction of sp³-hybridized carbons (Fsp3) is 1.00. The van der Waals surface area contributed by atoms with Gasteiger partial charge in [0, 0.05) is 12.3 Å². The normalized spacial score (nSPS) is 32.6. The monoisotopic (exact) mass is 120 g/mol. The van der Waals surface area contributed by atoms with Gasteiger partial charge in [-0.2, -0.15) is 0 Å². The summed E-state index contributed by atoms with van der Waals surface area (Å²) in [6, 6.07) is 0. The topological polar surface area (TPSA) is 0 Å². The lowest BCUT2D eigenvalue weighted by molar-refractivity contribution is 0.0969. The van der Waals surface area contributed by atoms with Gasteiger partial charge >= 0.3 is 0 Å². The van der Waals surface area contributed by atoms with E-state index >= 15 is 0 Å². The zero-order chi connectivity index (χ0) is 6.20. The van der Waals surface area contributed by atoms with Crippen LogP contribution in [0.3, 0.4) is 0 Å². The van der Waals surface area contributed by atoms with Gasteiger partial charge in [-0.3, -0.25) is 0 Å². The van der Waals surface area contributed by atoms with Crippen LogP contribution in [0.5, 0.6) is 0 Å². The third-order valence-electron chi connectivity index (χ3n) is 1.59. The van der Waals surface area contributed by atoms with E-state index in [-0.39, 0.29) is 12.3 Å². The van der Waals surface area contributed by atoms with E-state index in [0.29, 0.717) is 6.42 Å². The molecule has 1 aliphatic rings. The van der Waals surface area contributed by atoms with E-state index in [0.717, 1.165) is 6.42 Å². The summed E-state index contributed by atoms with van der Waals surface area (Å²) in [5, 5.41) is 0. The molecule has 0 aromatic rings. The Hall–Kier alpha value is -0.140. The van der Waals surface area contributed by atoms with Crippen molar-refractivity contribution in [2.75, 3.05) is 0 Å². The molecule has 1 atom stereocenters. The molecule has 0 aromatic heterocycles. The standard InChI is InChI=1S/C6H10F2/c1-2-3-5-4-6(5,7)8/h5H,2-4H2,1H3/t5-/m1/s1. The SMILES string of the molecule is CCC[C@@H]1CC1(F)F. The molecule has 8 heavy (non-hydrogen) atoms. The van der Waals surface area contributed by atoms with Crippen LogP contribution in [0.1, 0.15) is 26.2 Å². The third-order valence-corrected chi connectivity index (χ3v) is 1.59. The summed E-state index contributed by atoms with van der Waals surface area (Å²) < 4.78 is 24.0. The molecule has 1 aliphatic carbocycles. The Kier molecular flexibility index (Phi) is 1.25. The molecule has 1 rings (SSSR count). The van der Waals surface area contributed by atoms with Crippen LogP contribution in [0.25, 0.3) is 0 Å². The fourth-order valence-corrected chi connectivity index (χ4v) is 0.931. The Morgan fingerprint density at radius 3 is 2.25 bits per heavy atom. The Morgan fingerprint density at radius 1 is 1.62 bits per heavy atom. The zero-order valence-electron chi connectivity index (χ0n) is 4.95. The van der Waals surface area contributed by atoms with Crippen molar-refractivity contribution in [1.82, 2.24) is 0 Å². The van der Waals surface area contributed by atoms with Crippen molar-refractivity contribution >= 4 is 0 Å². The molecule has 0 amide bonds. The molecule has 48 valence electrons. The highest BCUT2D eigenvalue weighted by atomic mass is 19.3. The first-order valence-corrected chi connectivity index (χ1v) is 3.04. The van der Waals surface area contributed by atoms with E-state index < -0.39 is 5.92 Å². The van der Waals surface area contributed by atoms with Gasteiger partial charge in [-0.25, -0.2) is 8.78 Å². The first-order chi connectivity index (χ1) is 3.67. The summed E-state index contributed by atoms with van der Waals surface area (Å²) in [5.74, 6) is -2.55. The Morgan fingerprint density at radius 2 is 2.12 bits per heavy atom. The number of hydrogen-bond donors (Lipinski definition) is 0. The molecule has 1 saturated carbocycles. The van der Waals surface area contributed by atoms with Crippen molar-refractivity contribution in [2.24, 2.45) is 5.92 Å². The molecular weight excluding hydrogens is 110 g/mol. The minimum atomic E-state index is -2.28. The van der Waals surface area contributed by atoms with Gasteiger partial charge in [0.15, 0.2) is 0 Å². The predicted octanol–water partition coefficient (Wildman–Crippen LogP) is 2.44. The van der Waals surface area contributed by atoms with E-state index in [9.17, 15) is 8.78 Å². The second kappa shape index (κ2) is 1.67. The second-order valence-corrected chi connectivity index (χ2v) is 2.45. The van der Waals surface area contributed by atoms with Crippen LogP contribution in [0.4, 0.5) is 8.78 Å². The molecule has 0 saturated heterocycles. The molecule has 0 unspecified atom stereocenters. The van der Waals surface area contributed by atoms with Gasteiger partial charge in [0.2, 0.25) is 0 Å². The van der Waals surface area contributed by atoms with E-state index in [2.05, 4.69) is 0 Å². The average Bonchev–Trinajstić information content (AvgIpc) is 2.15. The molecule has 1 fully saturated rings. The highest BCUT2D eigenvalue weighted by Gasteiger charge is 2.55.